The van der Waals surface area contributed by atoms with E-state index in [-0.39, 0.29) is 35.7 Å². The maximum Gasteiger partial charge on any atom is 0.269 e. The summed E-state index contributed by atoms with van der Waals surface area (Å²) in [5, 5.41) is 23.5. The molecule has 12 nitrogen and oxygen atoms in total. The zero-order chi connectivity index (χ0) is 36.5. The van der Waals surface area contributed by atoms with Gasteiger partial charge >= 0.3 is 0 Å². The van der Waals surface area contributed by atoms with E-state index < -0.39 is 63.6 Å². The van der Waals surface area contributed by atoms with E-state index in [1.54, 1.807) is 30.3 Å². The van der Waals surface area contributed by atoms with Crippen molar-refractivity contribution in [1.82, 2.24) is 5.01 Å². The van der Waals surface area contributed by atoms with Crippen LogP contribution in [-0.2, 0) is 24.6 Å². The summed E-state index contributed by atoms with van der Waals surface area (Å²) < 4.78 is 5.35. The van der Waals surface area contributed by atoms with Crippen molar-refractivity contribution in [3.63, 3.8) is 0 Å². The molecule has 2 aliphatic carbocycles. The van der Waals surface area contributed by atoms with Crippen LogP contribution in [-0.4, -0.2) is 45.8 Å². The first kappa shape index (κ1) is 32.9. The SMILES string of the molecule is COc1ccc([C@H]2C3=CC[C@@H]4C(=O)N(c5ccc([N+](=O)[O-])cc5)C(=O)[C@@H]4[C@@H]3C[C@H]3C(=O)N(Nc4ccc(C)cc4)C(=O)[C@@]23c2ccccc2)cc1O. The molecule has 6 atom stereocenters. The molecule has 8 rings (SSSR count). The molecule has 0 radical (unpaired) electrons. The number of aryl methyl sites for hydroxylation is 1. The lowest BCUT2D eigenvalue weighted by molar-refractivity contribution is -0.384. The number of methoxy groups -OCH3 is 1. The molecule has 3 fully saturated rings. The number of non-ortho nitro benzene ring substituents is 1. The Morgan fingerprint density at radius 2 is 1.60 bits per heavy atom. The number of imide groups is 2. The van der Waals surface area contributed by atoms with E-state index in [2.05, 4.69) is 5.43 Å². The Kier molecular flexibility index (Phi) is 7.70. The van der Waals surface area contributed by atoms with Crippen molar-refractivity contribution < 1.29 is 33.9 Å². The molecule has 0 aromatic heterocycles. The van der Waals surface area contributed by atoms with Crippen molar-refractivity contribution in [2.24, 2.45) is 23.7 Å². The number of nitrogens with one attached hydrogen (secondary N) is 1. The second kappa shape index (κ2) is 12.2. The second-order valence-electron chi connectivity index (χ2n) is 13.8. The molecule has 2 aliphatic heterocycles. The highest BCUT2D eigenvalue weighted by molar-refractivity contribution is 6.22. The lowest BCUT2D eigenvalue weighted by atomic mass is 9.49. The fraction of sp³-hybridized carbons (Fsp3) is 0.250. The van der Waals surface area contributed by atoms with E-state index in [4.69, 9.17) is 4.74 Å². The van der Waals surface area contributed by atoms with Crippen LogP contribution in [0.4, 0.5) is 17.1 Å². The molecule has 4 aromatic rings. The minimum atomic E-state index is -1.49. The van der Waals surface area contributed by atoms with Gasteiger partial charge < -0.3 is 9.84 Å². The molecule has 4 aromatic carbocycles. The number of nitro groups is 1. The van der Waals surface area contributed by atoms with Crippen molar-refractivity contribution in [3.05, 3.63) is 136 Å². The fourth-order valence-corrected chi connectivity index (χ4v) is 8.99. The zero-order valence-corrected chi connectivity index (χ0v) is 28.3. The Hall–Kier alpha value is -6.30. The number of carbonyl (C=O) groups is 4. The van der Waals surface area contributed by atoms with E-state index in [0.29, 0.717) is 16.8 Å². The van der Waals surface area contributed by atoms with Gasteiger partial charge in [0.25, 0.3) is 17.5 Å². The van der Waals surface area contributed by atoms with Gasteiger partial charge in [0.2, 0.25) is 11.8 Å². The Balaban J connectivity index is 1.30. The van der Waals surface area contributed by atoms with Crippen molar-refractivity contribution >= 4 is 40.7 Å². The predicted molar refractivity (Wildman–Crippen MR) is 189 cm³/mol. The van der Waals surface area contributed by atoms with Gasteiger partial charge in [-0.3, -0.25) is 39.6 Å². The quantitative estimate of drug-likeness (QED) is 0.105. The lowest BCUT2D eigenvalue weighted by Crippen LogP contribution is -2.53. The number of carbonyl (C=O) groups excluding carboxylic acids is 4. The molecule has 4 aliphatic rings. The van der Waals surface area contributed by atoms with Gasteiger partial charge in [-0.15, -0.1) is 0 Å². The summed E-state index contributed by atoms with van der Waals surface area (Å²) >= 11 is 0. The van der Waals surface area contributed by atoms with E-state index in [0.717, 1.165) is 21.0 Å². The number of hydrogen-bond acceptors (Lipinski definition) is 9. The second-order valence-corrected chi connectivity index (χ2v) is 13.8. The maximum atomic E-state index is 15.2. The predicted octanol–water partition coefficient (Wildman–Crippen LogP) is 5.81. The summed E-state index contributed by atoms with van der Waals surface area (Å²) in [6.07, 6.45) is 2.23. The zero-order valence-electron chi connectivity index (χ0n) is 28.3. The first-order chi connectivity index (χ1) is 25.1. The molecule has 12 heteroatoms. The average Bonchev–Trinajstić information content (AvgIpc) is 3.53. The van der Waals surface area contributed by atoms with Crippen LogP contribution >= 0.6 is 0 Å². The number of benzene rings is 4. The highest BCUT2D eigenvalue weighted by Gasteiger charge is 2.70. The van der Waals surface area contributed by atoms with Crippen LogP contribution in [0.15, 0.2) is 109 Å². The molecule has 262 valence electrons. The number of aromatic hydroxyl groups is 1. The largest absolute Gasteiger partial charge is 0.504 e. The number of phenolic OH excluding ortho intramolecular Hbond substituents is 1. The minimum absolute atomic E-state index is 0.101. The lowest BCUT2D eigenvalue weighted by Gasteiger charge is -2.50. The van der Waals surface area contributed by atoms with Crippen LogP contribution in [0.5, 0.6) is 11.5 Å². The smallest absolute Gasteiger partial charge is 0.269 e. The van der Waals surface area contributed by atoms with Crippen LogP contribution in [0, 0.1) is 40.7 Å². The van der Waals surface area contributed by atoms with E-state index >= 15 is 4.79 Å². The number of hydrazine groups is 1. The van der Waals surface area contributed by atoms with Crippen molar-refractivity contribution in [3.8, 4) is 11.5 Å². The summed E-state index contributed by atoms with van der Waals surface area (Å²) in [4.78, 5) is 70.2. The van der Waals surface area contributed by atoms with E-state index in [9.17, 15) is 29.6 Å². The Bertz CT molecular complexity index is 2190. The number of allylic oxidation sites excluding steroid dienone is 2. The Labute approximate surface area is 298 Å². The summed E-state index contributed by atoms with van der Waals surface area (Å²) in [6.45, 7) is 1.93. The third-order valence-corrected chi connectivity index (χ3v) is 11.2. The van der Waals surface area contributed by atoms with Gasteiger partial charge in [-0.2, -0.15) is 5.01 Å². The Morgan fingerprint density at radius 1 is 0.885 bits per heavy atom. The Morgan fingerprint density at radius 3 is 2.25 bits per heavy atom. The van der Waals surface area contributed by atoms with Gasteiger partial charge in [0.15, 0.2) is 11.5 Å². The molecular formula is C40H34N4O8. The summed E-state index contributed by atoms with van der Waals surface area (Å²) in [5.41, 5.74) is 5.06. The number of anilines is 2. The van der Waals surface area contributed by atoms with Gasteiger partial charge in [0.1, 0.15) is 0 Å². The standard InChI is InChI=1S/C40H34N4O8/c1-22-8-11-25(12-9-22)41-43-37(47)31-21-30-28(17-18-29-34(30)38(48)42(36(29)46)26-13-15-27(16-14-26)44(50)51)35(23-10-19-33(52-2)32(45)20-23)40(31,39(43)49)24-6-4-3-5-7-24/h3-17,19-20,29-31,34-35,41,45H,18,21H2,1-2H3/t29-,30+,31-,34-,35-,40+/m0/s1. The van der Waals surface area contributed by atoms with Crippen LogP contribution < -0.4 is 15.1 Å². The molecule has 2 saturated heterocycles. The summed E-state index contributed by atoms with van der Waals surface area (Å²) in [5.74, 6) is -5.76. The maximum absolute atomic E-state index is 15.2. The van der Waals surface area contributed by atoms with Crippen LogP contribution in [0.25, 0.3) is 0 Å². The molecule has 0 unspecified atom stereocenters. The van der Waals surface area contributed by atoms with Gasteiger partial charge in [-0.1, -0.05) is 65.7 Å². The molecular weight excluding hydrogens is 664 g/mol. The van der Waals surface area contributed by atoms with Gasteiger partial charge in [0.05, 0.1) is 46.6 Å². The number of fused-ring (bicyclic) bond motifs is 4. The van der Waals surface area contributed by atoms with Gasteiger partial charge in [0, 0.05) is 18.1 Å². The molecule has 4 amide bonds. The molecule has 52 heavy (non-hydrogen) atoms. The monoisotopic (exact) mass is 698 g/mol. The highest BCUT2D eigenvalue weighted by atomic mass is 16.6. The van der Waals surface area contributed by atoms with Gasteiger partial charge in [-0.05, 0) is 73.2 Å². The average molecular weight is 699 g/mol. The van der Waals surface area contributed by atoms with E-state index in [1.807, 2.05) is 55.5 Å². The summed E-state index contributed by atoms with van der Waals surface area (Å²) in [7, 11) is 1.43. The number of rotatable bonds is 7. The normalized spacial score (nSPS) is 26.4. The molecule has 2 N–H and O–H groups in total. The number of nitro benzene ring substituents is 1. The van der Waals surface area contributed by atoms with Crippen LogP contribution in [0.3, 0.4) is 0 Å². The number of phenols is 1. The number of amides is 4. The fourth-order valence-electron chi connectivity index (χ4n) is 8.99. The number of hydrogen-bond donors (Lipinski definition) is 2. The van der Waals surface area contributed by atoms with Crippen molar-refractivity contribution in [2.75, 3.05) is 17.4 Å². The van der Waals surface area contributed by atoms with Crippen LogP contribution in [0.1, 0.15) is 35.4 Å². The topological polar surface area (TPSA) is 159 Å². The molecule has 1 saturated carbocycles. The molecule has 0 spiro atoms. The van der Waals surface area contributed by atoms with Gasteiger partial charge in [-0.25, -0.2) is 0 Å². The third-order valence-electron chi connectivity index (χ3n) is 11.2. The molecule has 2 heterocycles. The minimum Gasteiger partial charge on any atom is -0.504 e. The first-order valence-corrected chi connectivity index (χ1v) is 17.0. The van der Waals surface area contributed by atoms with E-state index in [1.165, 1.54) is 31.4 Å². The van der Waals surface area contributed by atoms with Crippen molar-refractivity contribution in [1.29, 1.82) is 0 Å². The van der Waals surface area contributed by atoms with Crippen molar-refractivity contribution in [2.45, 2.75) is 31.1 Å². The summed E-state index contributed by atoms with van der Waals surface area (Å²) in [6, 6.07) is 26.6. The third kappa shape index (κ3) is 4.74. The number of nitrogens with zero attached hydrogens (tertiary/aromatic N) is 3. The number of ether oxygens (including phenoxy) is 1. The molecule has 0 bridgehead atoms. The van der Waals surface area contributed by atoms with Crippen LogP contribution in [0.2, 0.25) is 0 Å². The highest BCUT2D eigenvalue weighted by Crippen LogP contribution is 2.64. The first-order valence-electron chi connectivity index (χ1n) is 17.0.